The van der Waals surface area contributed by atoms with E-state index >= 15 is 0 Å². The number of nitrogens with two attached hydrogens (primary N) is 1. The zero-order valence-corrected chi connectivity index (χ0v) is 16.7. The second-order valence-electron chi connectivity index (χ2n) is 6.72. The fraction of sp³-hybridized carbons (Fsp3) is 0.348. The van der Waals surface area contributed by atoms with Gasteiger partial charge in [-0.25, -0.2) is 0 Å². The van der Waals surface area contributed by atoms with Crippen LogP contribution in [-0.4, -0.2) is 24.3 Å². The summed E-state index contributed by atoms with van der Waals surface area (Å²) in [5, 5.41) is 0. The quantitative estimate of drug-likeness (QED) is 0.331. The van der Waals surface area contributed by atoms with E-state index in [1.165, 1.54) is 0 Å². The third-order valence-electron chi connectivity index (χ3n) is 4.39. The first-order valence-corrected chi connectivity index (χ1v) is 9.80. The summed E-state index contributed by atoms with van der Waals surface area (Å²) in [6.07, 6.45) is 3.37. The summed E-state index contributed by atoms with van der Waals surface area (Å²) in [6.45, 7) is 2.88. The van der Waals surface area contributed by atoms with Crippen LogP contribution in [0.25, 0.3) is 0 Å². The average Bonchev–Trinajstić information content (AvgIpc) is 2.74. The van der Waals surface area contributed by atoms with Gasteiger partial charge in [-0.15, -0.1) is 0 Å². The van der Waals surface area contributed by atoms with Crippen molar-refractivity contribution >= 4 is 17.7 Å². The molecule has 2 aromatic carbocycles. The second kappa shape index (κ2) is 11.6. The third kappa shape index (κ3) is 7.78. The van der Waals surface area contributed by atoms with Gasteiger partial charge < -0.3 is 15.2 Å². The molecule has 154 valence electrons. The molecular weight excluding hydrogens is 370 g/mol. The number of hydrogen-bond acceptors (Lipinski definition) is 5. The highest BCUT2D eigenvalue weighted by Gasteiger charge is 2.11. The summed E-state index contributed by atoms with van der Waals surface area (Å²) in [7, 11) is 0. The van der Waals surface area contributed by atoms with E-state index in [-0.39, 0.29) is 25.2 Å². The van der Waals surface area contributed by atoms with Gasteiger partial charge in [0.2, 0.25) is 5.91 Å². The van der Waals surface area contributed by atoms with Crippen molar-refractivity contribution in [2.75, 3.05) is 6.61 Å². The molecular formula is C23H27NO5. The number of carbonyl (C=O) groups excluding carboxylic acids is 3. The van der Waals surface area contributed by atoms with E-state index in [0.29, 0.717) is 17.7 Å². The van der Waals surface area contributed by atoms with Gasteiger partial charge in [0.1, 0.15) is 12.4 Å². The normalized spacial score (nSPS) is 10.4. The lowest BCUT2D eigenvalue weighted by atomic mass is 10.1. The molecule has 0 radical (unpaired) electrons. The number of amides is 1. The predicted octanol–water partition coefficient (Wildman–Crippen LogP) is 4.06. The van der Waals surface area contributed by atoms with Crippen molar-refractivity contribution in [3.05, 3.63) is 65.2 Å². The van der Waals surface area contributed by atoms with E-state index in [1.54, 1.807) is 48.5 Å². The number of primary amides is 1. The summed E-state index contributed by atoms with van der Waals surface area (Å²) in [4.78, 5) is 35.2. The Kier molecular flexibility index (Phi) is 8.89. The Labute approximate surface area is 171 Å². The fourth-order valence-electron chi connectivity index (χ4n) is 2.64. The number of rotatable bonds is 12. The van der Waals surface area contributed by atoms with Crippen molar-refractivity contribution in [2.45, 2.75) is 45.6 Å². The van der Waals surface area contributed by atoms with Gasteiger partial charge >= 0.3 is 5.97 Å². The molecule has 0 heterocycles. The van der Waals surface area contributed by atoms with E-state index in [1.807, 2.05) is 0 Å². The molecule has 0 fully saturated rings. The highest BCUT2D eigenvalue weighted by atomic mass is 16.5. The van der Waals surface area contributed by atoms with Crippen LogP contribution in [0.1, 0.15) is 65.3 Å². The molecule has 0 bridgehead atoms. The molecule has 0 saturated carbocycles. The van der Waals surface area contributed by atoms with Gasteiger partial charge in [-0.3, -0.25) is 14.4 Å². The van der Waals surface area contributed by atoms with Crippen LogP contribution in [-0.2, 0) is 16.1 Å². The predicted molar refractivity (Wildman–Crippen MR) is 110 cm³/mol. The van der Waals surface area contributed by atoms with Crippen LogP contribution >= 0.6 is 0 Å². The largest absolute Gasteiger partial charge is 0.494 e. The Balaban J connectivity index is 1.72. The fourth-order valence-corrected chi connectivity index (χ4v) is 2.64. The van der Waals surface area contributed by atoms with Crippen LogP contribution in [0.15, 0.2) is 48.5 Å². The van der Waals surface area contributed by atoms with Gasteiger partial charge in [0.25, 0.3) is 0 Å². The van der Waals surface area contributed by atoms with Gasteiger partial charge in [0.05, 0.1) is 13.0 Å². The summed E-state index contributed by atoms with van der Waals surface area (Å²) in [5.41, 5.74) is 6.85. The van der Waals surface area contributed by atoms with Crippen molar-refractivity contribution in [3.8, 4) is 5.75 Å². The van der Waals surface area contributed by atoms with E-state index in [9.17, 15) is 14.4 Å². The highest BCUT2D eigenvalue weighted by Crippen LogP contribution is 2.15. The molecule has 0 aliphatic carbocycles. The third-order valence-corrected chi connectivity index (χ3v) is 4.39. The zero-order chi connectivity index (χ0) is 21.1. The molecule has 0 aromatic heterocycles. The monoisotopic (exact) mass is 397 g/mol. The van der Waals surface area contributed by atoms with E-state index in [2.05, 4.69) is 6.92 Å². The number of benzene rings is 2. The minimum Gasteiger partial charge on any atom is -0.494 e. The average molecular weight is 397 g/mol. The smallest absolute Gasteiger partial charge is 0.306 e. The standard InChI is InChI=1S/C23H27NO5/c1-2-3-4-15-28-20-11-9-18(10-12-20)21(25)13-14-22(26)29-16-17-5-7-19(8-6-17)23(24)27/h5-12H,2-4,13-16H2,1H3,(H2,24,27). The first kappa shape index (κ1) is 22.1. The SMILES string of the molecule is CCCCCOc1ccc(C(=O)CCC(=O)OCc2ccc(C(N)=O)cc2)cc1. The number of ether oxygens (including phenoxy) is 2. The Bertz CT molecular complexity index is 812. The van der Waals surface area contributed by atoms with Crippen molar-refractivity contribution in [1.29, 1.82) is 0 Å². The molecule has 0 atom stereocenters. The Hall–Kier alpha value is -3.15. The van der Waals surface area contributed by atoms with Gasteiger partial charge in [0, 0.05) is 17.5 Å². The first-order valence-electron chi connectivity index (χ1n) is 9.80. The van der Waals surface area contributed by atoms with Crippen LogP contribution in [0.2, 0.25) is 0 Å². The summed E-state index contributed by atoms with van der Waals surface area (Å²) in [6, 6.07) is 13.5. The molecule has 2 aromatic rings. The molecule has 6 heteroatoms. The molecule has 0 aliphatic heterocycles. The number of ketones is 1. The Morgan fingerprint density at radius 3 is 2.14 bits per heavy atom. The molecule has 0 aliphatic rings. The molecule has 1 amide bonds. The first-order chi connectivity index (χ1) is 14.0. The van der Waals surface area contributed by atoms with Crippen molar-refractivity contribution in [2.24, 2.45) is 5.73 Å². The van der Waals surface area contributed by atoms with Gasteiger partial charge in [0.15, 0.2) is 5.78 Å². The van der Waals surface area contributed by atoms with Gasteiger partial charge in [-0.2, -0.15) is 0 Å². The minimum atomic E-state index is -0.511. The van der Waals surface area contributed by atoms with Crippen LogP contribution in [0.4, 0.5) is 0 Å². The zero-order valence-electron chi connectivity index (χ0n) is 16.7. The maximum atomic E-state index is 12.2. The van der Waals surface area contributed by atoms with Gasteiger partial charge in [-0.05, 0) is 48.4 Å². The molecule has 2 rings (SSSR count). The highest BCUT2D eigenvalue weighted by molar-refractivity contribution is 5.97. The molecule has 0 spiro atoms. The number of Topliss-reactive ketones (excluding diaryl/α,β-unsaturated/α-hetero) is 1. The van der Waals surface area contributed by atoms with Crippen LogP contribution in [0.5, 0.6) is 5.75 Å². The summed E-state index contributed by atoms with van der Waals surface area (Å²) in [5.74, 6) is -0.346. The topological polar surface area (TPSA) is 95.7 Å². The van der Waals surface area contributed by atoms with E-state index in [4.69, 9.17) is 15.2 Å². The minimum absolute atomic E-state index is 0.00741. The molecule has 29 heavy (non-hydrogen) atoms. The Morgan fingerprint density at radius 2 is 1.52 bits per heavy atom. The Morgan fingerprint density at radius 1 is 0.862 bits per heavy atom. The van der Waals surface area contributed by atoms with Crippen LogP contribution in [0.3, 0.4) is 0 Å². The lowest BCUT2D eigenvalue weighted by Crippen LogP contribution is -2.11. The van der Waals surface area contributed by atoms with Crippen molar-refractivity contribution in [1.82, 2.24) is 0 Å². The number of hydrogen-bond donors (Lipinski definition) is 1. The molecule has 0 unspecified atom stereocenters. The van der Waals surface area contributed by atoms with Crippen molar-refractivity contribution < 1.29 is 23.9 Å². The maximum absolute atomic E-state index is 12.2. The lowest BCUT2D eigenvalue weighted by molar-refractivity contribution is -0.144. The molecule has 2 N–H and O–H groups in total. The number of carbonyl (C=O) groups is 3. The summed E-state index contributed by atoms with van der Waals surface area (Å²) < 4.78 is 10.8. The van der Waals surface area contributed by atoms with E-state index < -0.39 is 11.9 Å². The lowest BCUT2D eigenvalue weighted by Gasteiger charge is -2.07. The molecule has 6 nitrogen and oxygen atoms in total. The van der Waals surface area contributed by atoms with Gasteiger partial charge in [-0.1, -0.05) is 31.9 Å². The number of esters is 1. The van der Waals surface area contributed by atoms with Crippen molar-refractivity contribution in [3.63, 3.8) is 0 Å². The number of unbranched alkanes of at least 4 members (excludes halogenated alkanes) is 2. The van der Waals surface area contributed by atoms with E-state index in [0.717, 1.165) is 30.6 Å². The summed E-state index contributed by atoms with van der Waals surface area (Å²) >= 11 is 0. The maximum Gasteiger partial charge on any atom is 0.306 e. The second-order valence-corrected chi connectivity index (χ2v) is 6.72. The molecule has 0 saturated heterocycles. The van der Waals surface area contributed by atoms with Crippen LogP contribution < -0.4 is 10.5 Å². The van der Waals surface area contributed by atoms with Crippen LogP contribution in [0, 0.1) is 0 Å².